The van der Waals surface area contributed by atoms with Gasteiger partial charge in [-0.25, -0.2) is 0 Å². The Balaban J connectivity index is 1.81. The van der Waals surface area contributed by atoms with E-state index in [0.29, 0.717) is 18.4 Å². The van der Waals surface area contributed by atoms with Gasteiger partial charge in [0, 0.05) is 24.2 Å². The van der Waals surface area contributed by atoms with Crippen LogP contribution in [0.4, 0.5) is 18.9 Å². The summed E-state index contributed by atoms with van der Waals surface area (Å²) in [4.78, 5) is 0. The van der Waals surface area contributed by atoms with Gasteiger partial charge in [-0.3, -0.25) is 0 Å². The second kappa shape index (κ2) is 10.0. The van der Waals surface area contributed by atoms with E-state index in [9.17, 15) is 13.2 Å². The second-order valence-corrected chi connectivity index (χ2v) is 8.75. The molecule has 30 heavy (non-hydrogen) atoms. The quantitative estimate of drug-likeness (QED) is 0.495. The zero-order chi connectivity index (χ0) is 21.7. The summed E-state index contributed by atoms with van der Waals surface area (Å²) in [6.07, 6.45) is 7.07. The van der Waals surface area contributed by atoms with Crippen molar-refractivity contribution in [1.29, 1.82) is 0 Å². The Morgan fingerprint density at radius 3 is 2.73 bits per heavy atom. The maximum Gasteiger partial charge on any atom is 0.416 e. The number of alkyl halides is 3. The predicted octanol–water partition coefficient (Wildman–Crippen LogP) is 5.35. The van der Waals surface area contributed by atoms with Crippen LogP contribution in [0.3, 0.4) is 0 Å². The Hall–Kier alpha value is -1.79. The van der Waals surface area contributed by atoms with E-state index < -0.39 is 11.7 Å². The third-order valence-electron chi connectivity index (χ3n) is 6.54. The van der Waals surface area contributed by atoms with E-state index in [4.69, 9.17) is 5.11 Å². The largest absolute Gasteiger partial charge is 0.416 e. The fourth-order valence-corrected chi connectivity index (χ4v) is 4.80. The Bertz CT molecular complexity index is 759. The summed E-state index contributed by atoms with van der Waals surface area (Å²) in [6, 6.07) is 4.31. The summed E-state index contributed by atoms with van der Waals surface area (Å²) in [7, 11) is 0. The molecule has 0 aromatic heterocycles. The van der Waals surface area contributed by atoms with Crippen LogP contribution in [-0.2, 0) is 6.18 Å². The minimum absolute atomic E-state index is 0.0467. The number of halogens is 3. The zero-order valence-electron chi connectivity index (χ0n) is 17.8. The first-order valence-electron chi connectivity index (χ1n) is 10.9. The molecule has 0 saturated carbocycles. The van der Waals surface area contributed by atoms with Crippen molar-refractivity contribution in [3.8, 4) is 0 Å². The number of nitrogens with one attached hydrogen (secondary N) is 2. The highest BCUT2D eigenvalue weighted by molar-refractivity contribution is 5.58. The van der Waals surface area contributed by atoms with Crippen LogP contribution in [0, 0.1) is 17.8 Å². The molecule has 0 saturated heterocycles. The van der Waals surface area contributed by atoms with Crippen molar-refractivity contribution < 1.29 is 18.3 Å². The fraction of sp³-hybridized carbons (Fsp3) is 0.583. The highest BCUT2D eigenvalue weighted by atomic mass is 19.4. The summed E-state index contributed by atoms with van der Waals surface area (Å²) in [6.45, 7) is 5.80. The molecule has 0 bridgehead atoms. The van der Waals surface area contributed by atoms with E-state index >= 15 is 0 Å². The predicted molar refractivity (Wildman–Crippen MR) is 116 cm³/mol. The average Bonchev–Trinajstić information content (AvgIpc) is 2.73. The van der Waals surface area contributed by atoms with Crippen LogP contribution in [-0.4, -0.2) is 30.8 Å². The molecule has 1 aromatic carbocycles. The van der Waals surface area contributed by atoms with Crippen LogP contribution in [0.25, 0.3) is 0 Å². The molecule has 1 aliphatic heterocycles. The van der Waals surface area contributed by atoms with Crippen molar-refractivity contribution in [3.05, 3.63) is 53.6 Å². The minimum Gasteiger partial charge on any atom is -0.395 e. The number of fused-ring (bicyclic) bond motifs is 1. The number of benzene rings is 1. The van der Waals surface area contributed by atoms with Gasteiger partial charge in [0.1, 0.15) is 0 Å². The summed E-state index contributed by atoms with van der Waals surface area (Å²) >= 11 is 0. The first-order chi connectivity index (χ1) is 14.3. The van der Waals surface area contributed by atoms with Crippen LogP contribution in [0.1, 0.15) is 50.2 Å². The van der Waals surface area contributed by atoms with Gasteiger partial charge in [0.2, 0.25) is 0 Å². The number of hydrogen-bond donors (Lipinski definition) is 3. The molecule has 3 N–H and O–H groups in total. The lowest BCUT2D eigenvalue weighted by molar-refractivity contribution is -0.137. The molecule has 3 rings (SSSR count). The van der Waals surface area contributed by atoms with Crippen LogP contribution in [0.15, 0.2) is 42.5 Å². The lowest BCUT2D eigenvalue weighted by Crippen LogP contribution is -2.42. The first kappa shape index (κ1) is 22.9. The van der Waals surface area contributed by atoms with Gasteiger partial charge in [-0.1, -0.05) is 38.2 Å². The zero-order valence-corrected chi connectivity index (χ0v) is 17.8. The molecule has 0 radical (unpaired) electrons. The molecular formula is C24H33F3N2O. The third kappa shape index (κ3) is 5.46. The van der Waals surface area contributed by atoms with Gasteiger partial charge in [-0.2, -0.15) is 13.2 Å². The minimum atomic E-state index is -4.33. The number of hydrogen-bond acceptors (Lipinski definition) is 3. The van der Waals surface area contributed by atoms with Gasteiger partial charge >= 0.3 is 6.18 Å². The molecule has 1 heterocycles. The second-order valence-electron chi connectivity index (χ2n) is 8.75. The lowest BCUT2D eigenvalue weighted by atomic mass is 9.70. The van der Waals surface area contributed by atoms with Gasteiger partial charge in [-0.05, 0) is 67.3 Å². The van der Waals surface area contributed by atoms with Crippen LogP contribution in [0.5, 0.6) is 0 Å². The number of aliphatic hydroxyl groups excluding tert-OH is 1. The Labute approximate surface area is 177 Å². The van der Waals surface area contributed by atoms with Crippen LogP contribution >= 0.6 is 0 Å². The first-order valence-corrected chi connectivity index (χ1v) is 10.9. The van der Waals surface area contributed by atoms with Crippen molar-refractivity contribution in [3.63, 3.8) is 0 Å². The standard InChI is InChI=1S/C24H33F3N2O/c1-16(15-28-12-13-30)8-10-20-17(2)21-14-19(24(25,26)27)9-11-22(21)29-23(20)18-6-4-3-5-7-18/h3-6,9,11,14,16-18,20,23,28-30H,7-8,10,12-13,15H2,1-2H3/t16-,17?,18?,20-,23+/m1/s1. The molecule has 5 atom stereocenters. The molecule has 0 spiro atoms. The summed E-state index contributed by atoms with van der Waals surface area (Å²) in [5.41, 5.74) is 1.03. The third-order valence-corrected chi connectivity index (χ3v) is 6.54. The Kier molecular flexibility index (Phi) is 7.64. The lowest BCUT2D eigenvalue weighted by Gasteiger charge is -2.43. The highest BCUT2D eigenvalue weighted by Gasteiger charge is 2.39. The van der Waals surface area contributed by atoms with Gasteiger partial charge < -0.3 is 15.7 Å². The van der Waals surface area contributed by atoms with E-state index in [1.54, 1.807) is 6.07 Å². The van der Waals surface area contributed by atoms with E-state index in [0.717, 1.165) is 37.1 Å². The molecule has 0 amide bonds. The van der Waals surface area contributed by atoms with Crippen molar-refractivity contribution in [2.45, 2.75) is 51.2 Å². The number of aliphatic hydroxyl groups is 1. The van der Waals surface area contributed by atoms with Crippen molar-refractivity contribution in [2.24, 2.45) is 17.8 Å². The maximum atomic E-state index is 13.3. The molecule has 2 aliphatic rings. The van der Waals surface area contributed by atoms with Gasteiger partial charge in [0.15, 0.2) is 0 Å². The van der Waals surface area contributed by atoms with Crippen LogP contribution < -0.4 is 10.6 Å². The van der Waals surface area contributed by atoms with Crippen LogP contribution in [0.2, 0.25) is 0 Å². The van der Waals surface area contributed by atoms with Crippen molar-refractivity contribution in [1.82, 2.24) is 5.32 Å². The molecule has 6 heteroatoms. The van der Waals surface area contributed by atoms with Gasteiger partial charge in [0.05, 0.1) is 12.2 Å². The van der Waals surface area contributed by atoms with Gasteiger partial charge in [0.25, 0.3) is 0 Å². The Morgan fingerprint density at radius 1 is 1.27 bits per heavy atom. The molecule has 2 unspecified atom stereocenters. The average molecular weight is 423 g/mol. The normalized spacial score (nSPS) is 26.9. The highest BCUT2D eigenvalue weighted by Crippen LogP contribution is 2.45. The molecular weight excluding hydrogens is 389 g/mol. The Morgan fingerprint density at radius 2 is 2.07 bits per heavy atom. The number of anilines is 1. The molecule has 3 nitrogen and oxygen atoms in total. The fourth-order valence-electron chi connectivity index (χ4n) is 4.80. The van der Waals surface area contributed by atoms with Crippen molar-refractivity contribution >= 4 is 5.69 Å². The summed E-state index contributed by atoms with van der Waals surface area (Å²) < 4.78 is 39.9. The topological polar surface area (TPSA) is 44.3 Å². The number of rotatable bonds is 8. The monoisotopic (exact) mass is 422 g/mol. The molecule has 1 aliphatic carbocycles. The maximum absolute atomic E-state index is 13.3. The molecule has 0 fully saturated rings. The molecule has 1 aromatic rings. The van der Waals surface area contributed by atoms with Crippen molar-refractivity contribution in [2.75, 3.05) is 25.0 Å². The smallest absolute Gasteiger partial charge is 0.395 e. The van der Waals surface area contributed by atoms with E-state index in [2.05, 4.69) is 48.8 Å². The van der Waals surface area contributed by atoms with E-state index in [1.165, 1.54) is 12.1 Å². The molecule has 166 valence electrons. The van der Waals surface area contributed by atoms with E-state index in [1.807, 2.05) is 0 Å². The van der Waals surface area contributed by atoms with Gasteiger partial charge in [-0.15, -0.1) is 0 Å². The van der Waals surface area contributed by atoms with E-state index in [-0.39, 0.29) is 24.5 Å². The SMILES string of the molecule is CC1c2cc(C(F)(F)F)ccc2N[C@@H](C2C=CC=CC2)[C@@H]1CC[C@@H](C)CNCCO. The summed E-state index contributed by atoms with van der Waals surface area (Å²) in [5.74, 6) is 1.07. The summed E-state index contributed by atoms with van der Waals surface area (Å²) in [5, 5.41) is 15.8. The number of allylic oxidation sites excluding steroid dienone is 3.